The molecular weight excluding hydrogens is 183 g/mol. The molecule has 0 bridgehead atoms. The maximum atomic E-state index is 9.67. The summed E-state index contributed by atoms with van der Waals surface area (Å²) in [5.74, 6) is 0. The minimum absolute atomic E-state index is 0.879. The highest BCUT2D eigenvalue weighted by atomic mass is 127. The number of hydrogen-bond acceptors (Lipinski definition) is 2. The molecule has 2 nitrogen and oxygen atoms in total. The van der Waals surface area contributed by atoms with E-state index in [1.54, 1.807) is 23.0 Å². The van der Waals surface area contributed by atoms with Gasteiger partial charge in [-0.1, -0.05) is 6.92 Å². The van der Waals surface area contributed by atoms with E-state index in [4.69, 9.17) is 0 Å². The van der Waals surface area contributed by atoms with Crippen LogP contribution in [0.2, 0.25) is 0 Å². The van der Waals surface area contributed by atoms with Gasteiger partial charge in [-0.3, -0.25) is 0 Å². The number of halogens is 1. The summed E-state index contributed by atoms with van der Waals surface area (Å²) in [7, 11) is 0. The number of rotatable bonds is 1. The molecule has 0 saturated heterocycles. The summed E-state index contributed by atoms with van der Waals surface area (Å²) < 4.78 is 4.16. The van der Waals surface area contributed by atoms with Crippen LogP contribution in [-0.4, -0.2) is 6.29 Å². The molecule has 0 saturated carbocycles. The summed E-state index contributed by atoms with van der Waals surface area (Å²) in [5.41, 5.74) is 0. The zero-order valence-corrected chi connectivity index (χ0v) is 4.93. The topological polar surface area (TPSA) is 32.3 Å². The van der Waals surface area contributed by atoms with Crippen LogP contribution < -0.4 is 5.11 Å². The van der Waals surface area contributed by atoms with Crippen molar-refractivity contribution in [1.82, 2.24) is 0 Å². The molecule has 0 aliphatic rings. The van der Waals surface area contributed by atoms with E-state index in [-0.39, 0.29) is 0 Å². The van der Waals surface area contributed by atoms with E-state index >= 15 is 0 Å². The molecular formula is C2H4IO2-. The highest BCUT2D eigenvalue weighted by Crippen LogP contribution is 1.85. The molecule has 0 aliphatic heterocycles. The Morgan fingerprint density at radius 1 is 2.00 bits per heavy atom. The summed E-state index contributed by atoms with van der Waals surface area (Å²) in [4.78, 5) is 0. The van der Waals surface area contributed by atoms with Gasteiger partial charge in [0.1, 0.15) is 23.0 Å². The molecule has 0 amide bonds. The van der Waals surface area contributed by atoms with Gasteiger partial charge in [-0.25, -0.2) is 0 Å². The fraction of sp³-hybridized carbons (Fsp3) is 1.00. The van der Waals surface area contributed by atoms with Gasteiger partial charge in [-0.2, -0.15) is 0 Å². The lowest BCUT2D eigenvalue weighted by molar-refractivity contribution is -0.459. The Labute approximate surface area is 44.8 Å². The first kappa shape index (κ1) is 5.65. The van der Waals surface area contributed by atoms with Crippen molar-refractivity contribution in [3.05, 3.63) is 0 Å². The molecule has 3 heteroatoms. The predicted octanol–water partition coefficient (Wildman–Crippen LogP) is 0.0593. The zero-order chi connectivity index (χ0) is 4.28. The Balaban J connectivity index is 2.54. The van der Waals surface area contributed by atoms with Gasteiger partial charge in [0.2, 0.25) is 0 Å². The van der Waals surface area contributed by atoms with Crippen molar-refractivity contribution in [3.8, 4) is 0 Å². The maximum Gasteiger partial charge on any atom is 0.108 e. The van der Waals surface area contributed by atoms with Gasteiger partial charge < -0.3 is 8.17 Å². The minimum atomic E-state index is -0.879. The second-order valence-corrected chi connectivity index (χ2v) is 1.17. The number of hydrogen-bond donors (Lipinski definition) is 0. The van der Waals surface area contributed by atoms with E-state index in [1.807, 2.05) is 0 Å². The van der Waals surface area contributed by atoms with Crippen molar-refractivity contribution in [2.45, 2.75) is 13.2 Å². The largest absolute Gasteiger partial charge is 0.831 e. The molecule has 0 spiro atoms. The van der Waals surface area contributed by atoms with Crippen molar-refractivity contribution >= 4 is 23.0 Å². The monoisotopic (exact) mass is 187 g/mol. The fourth-order valence-corrected chi connectivity index (χ4v) is 0. The van der Waals surface area contributed by atoms with Crippen LogP contribution in [0.3, 0.4) is 0 Å². The third-order valence-electron chi connectivity index (χ3n) is 0.125. The van der Waals surface area contributed by atoms with E-state index < -0.39 is 6.29 Å². The van der Waals surface area contributed by atoms with Crippen LogP contribution in [0.25, 0.3) is 0 Å². The fourth-order valence-electron chi connectivity index (χ4n) is 0. The highest BCUT2D eigenvalue weighted by Gasteiger charge is 1.69. The Hall–Kier alpha value is 0.650. The third kappa shape index (κ3) is 4.65. The van der Waals surface area contributed by atoms with E-state index in [1.165, 1.54) is 6.92 Å². The van der Waals surface area contributed by atoms with Gasteiger partial charge in [0.05, 0.1) is 0 Å². The Bertz CT molecular complexity index is 21.6. The lowest BCUT2D eigenvalue weighted by Crippen LogP contribution is -2.19. The lowest BCUT2D eigenvalue weighted by Gasteiger charge is -2.08. The van der Waals surface area contributed by atoms with Gasteiger partial charge in [-0.05, 0) is 6.29 Å². The van der Waals surface area contributed by atoms with Crippen LogP contribution in [0.5, 0.6) is 0 Å². The summed E-state index contributed by atoms with van der Waals surface area (Å²) >= 11 is 1.56. The molecule has 1 atom stereocenters. The average Bonchev–Trinajstić information content (AvgIpc) is 1.38. The van der Waals surface area contributed by atoms with Gasteiger partial charge in [0, 0.05) is 0 Å². The quantitative estimate of drug-likeness (QED) is 0.429. The molecule has 0 N–H and O–H groups in total. The van der Waals surface area contributed by atoms with Crippen LogP contribution in [-0.2, 0) is 3.07 Å². The molecule has 0 fully saturated rings. The molecule has 0 aromatic carbocycles. The predicted molar refractivity (Wildman–Crippen MR) is 24.6 cm³/mol. The molecule has 0 aromatic rings. The Kier molecular flexibility index (Phi) is 3.24. The molecule has 5 heavy (non-hydrogen) atoms. The van der Waals surface area contributed by atoms with Crippen LogP contribution in [0.15, 0.2) is 0 Å². The second-order valence-electron chi connectivity index (χ2n) is 0.657. The first-order chi connectivity index (χ1) is 2.27. The van der Waals surface area contributed by atoms with Crippen molar-refractivity contribution in [3.63, 3.8) is 0 Å². The van der Waals surface area contributed by atoms with Crippen LogP contribution in [0.4, 0.5) is 0 Å². The summed E-state index contributed by atoms with van der Waals surface area (Å²) in [5, 5.41) is 9.67. The molecule has 0 aromatic heterocycles. The highest BCUT2D eigenvalue weighted by molar-refractivity contribution is 14.1. The van der Waals surface area contributed by atoms with Crippen LogP contribution >= 0.6 is 23.0 Å². The molecule has 0 rings (SSSR count). The van der Waals surface area contributed by atoms with Crippen molar-refractivity contribution in [2.75, 3.05) is 0 Å². The minimum Gasteiger partial charge on any atom is -0.831 e. The summed E-state index contributed by atoms with van der Waals surface area (Å²) in [6.45, 7) is 1.44. The smallest absolute Gasteiger partial charge is 0.108 e. The van der Waals surface area contributed by atoms with Gasteiger partial charge in [-0.15, -0.1) is 0 Å². The summed E-state index contributed by atoms with van der Waals surface area (Å²) in [6.07, 6.45) is -0.879. The van der Waals surface area contributed by atoms with E-state index in [2.05, 4.69) is 3.07 Å². The Morgan fingerprint density at radius 2 is 2.20 bits per heavy atom. The van der Waals surface area contributed by atoms with Crippen molar-refractivity contribution in [2.24, 2.45) is 0 Å². The second kappa shape index (κ2) is 2.87. The van der Waals surface area contributed by atoms with Crippen molar-refractivity contribution in [1.29, 1.82) is 0 Å². The first-order valence-electron chi connectivity index (χ1n) is 1.20. The van der Waals surface area contributed by atoms with Gasteiger partial charge >= 0.3 is 0 Å². The van der Waals surface area contributed by atoms with Gasteiger partial charge in [0.25, 0.3) is 0 Å². The molecule has 0 aliphatic carbocycles. The lowest BCUT2D eigenvalue weighted by atomic mass is 10.8. The summed E-state index contributed by atoms with van der Waals surface area (Å²) in [6, 6.07) is 0. The van der Waals surface area contributed by atoms with Gasteiger partial charge in [0.15, 0.2) is 0 Å². The van der Waals surface area contributed by atoms with E-state index in [0.717, 1.165) is 0 Å². The van der Waals surface area contributed by atoms with Crippen LogP contribution in [0, 0.1) is 0 Å². The SMILES string of the molecule is CC([O-])OI. The molecule has 0 radical (unpaired) electrons. The van der Waals surface area contributed by atoms with E-state index in [9.17, 15) is 5.11 Å². The van der Waals surface area contributed by atoms with Crippen LogP contribution in [0.1, 0.15) is 6.92 Å². The zero-order valence-electron chi connectivity index (χ0n) is 2.77. The molecule has 32 valence electrons. The maximum absolute atomic E-state index is 9.67. The Morgan fingerprint density at radius 3 is 2.20 bits per heavy atom. The average molecular weight is 187 g/mol. The molecule has 1 unspecified atom stereocenters. The molecule has 0 heterocycles. The third-order valence-corrected chi connectivity index (χ3v) is 0.842. The normalized spacial score (nSPS) is 15.0. The van der Waals surface area contributed by atoms with E-state index in [0.29, 0.717) is 0 Å². The van der Waals surface area contributed by atoms with Crippen molar-refractivity contribution < 1.29 is 8.17 Å². The first-order valence-corrected chi connectivity index (χ1v) is 2.08. The standard InChI is InChI=1S/C2H4IO2/c1-2(4)5-3/h2H,1H3/q-1.